The van der Waals surface area contributed by atoms with Gasteiger partial charge in [0, 0.05) is 36.0 Å². The highest BCUT2D eigenvalue weighted by atomic mass is 16.6. The largest absolute Gasteiger partial charge is 0.453 e. The molecule has 3 aromatic rings. The van der Waals surface area contributed by atoms with Gasteiger partial charge in [-0.2, -0.15) is 0 Å². The molecule has 2 atom stereocenters. The van der Waals surface area contributed by atoms with Gasteiger partial charge in [-0.3, -0.25) is 25.2 Å². The Hall–Kier alpha value is -4.93. The molecule has 11 nitrogen and oxygen atoms in total. The molecule has 2 bridgehead atoms. The summed E-state index contributed by atoms with van der Waals surface area (Å²) in [6, 6.07) is 14.9. The average Bonchev–Trinajstić information content (AvgIpc) is 3.03. The second kappa shape index (κ2) is 12.6. The Labute approximate surface area is 261 Å². The van der Waals surface area contributed by atoms with Crippen LogP contribution < -0.4 is 16.0 Å². The van der Waals surface area contributed by atoms with Gasteiger partial charge in [0.15, 0.2) is 5.60 Å². The van der Waals surface area contributed by atoms with Crippen molar-refractivity contribution in [3.8, 4) is 11.1 Å². The van der Waals surface area contributed by atoms with Crippen LogP contribution in [0, 0.1) is 6.92 Å². The number of aryl methyl sites for hydroxylation is 1. The van der Waals surface area contributed by atoms with E-state index in [-0.39, 0.29) is 18.4 Å². The molecule has 0 saturated carbocycles. The number of hydrogen-bond acceptors (Lipinski definition) is 7. The zero-order valence-corrected chi connectivity index (χ0v) is 25.5. The summed E-state index contributed by atoms with van der Waals surface area (Å²) >= 11 is 0. The highest BCUT2D eigenvalue weighted by molar-refractivity contribution is 5.98. The Morgan fingerprint density at radius 3 is 2.73 bits per heavy atom. The molecule has 1 saturated heterocycles. The van der Waals surface area contributed by atoms with Crippen LogP contribution in [0.2, 0.25) is 0 Å². The number of rotatable bonds is 2. The first-order chi connectivity index (χ1) is 21.7. The van der Waals surface area contributed by atoms with E-state index in [1.165, 1.54) is 7.11 Å². The lowest BCUT2D eigenvalue weighted by atomic mass is 9.82. The van der Waals surface area contributed by atoms with Gasteiger partial charge >= 0.3 is 12.2 Å². The molecule has 3 aliphatic heterocycles. The first kappa shape index (κ1) is 30.1. The van der Waals surface area contributed by atoms with Gasteiger partial charge in [-0.15, -0.1) is 0 Å². The number of piperidine rings is 1. The molecular formula is C34H37N5O6. The summed E-state index contributed by atoms with van der Waals surface area (Å²) in [5, 5.41) is 8.46. The van der Waals surface area contributed by atoms with Crippen LogP contribution in [-0.2, 0) is 24.7 Å². The topological polar surface area (TPSA) is 139 Å². The molecule has 0 aliphatic carbocycles. The lowest BCUT2D eigenvalue weighted by Crippen LogP contribution is -2.54. The van der Waals surface area contributed by atoms with E-state index in [9.17, 15) is 19.2 Å². The number of pyridine rings is 1. The molecule has 3 aliphatic rings. The van der Waals surface area contributed by atoms with Crippen LogP contribution >= 0.6 is 0 Å². The minimum Gasteiger partial charge on any atom is -0.453 e. The Balaban J connectivity index is 1.34. The SMILES string of the molecule is COC(=O)Nc1ccc2c(c1)NC(=O)CCCCCC(C(=O)N1CCC[C@@]3(C1)OC(=O)Nc1ccc(C)cc13)c1cc-2ccn1. The van der Waals surface area contributed by atoms with Crippen LogP contribution in [0.15, 0.2) is 54.7 Å². The lowest BCUT2D eigenvalue weighted by molar-refractivity contribution is -0.141. The monoisotopic (exact) mass is 611 g/mol. The fraction of sp³-hybridized carbons (Fsp3) is 0.382. The van der Waals surface area contributed by atoms with Gasteiger partial charge in [0.25, 0.3) is 0 Å². The van der Waals surface area contributed by atoms with Crippen molar-refractivity contribution in [3.63, 3.8) is 0 Å². The first-order valence-corrected chi connectivity index (χ1v) is 15.4. The summed E-state index contributed by atoms with van der Waals surface area (Å²) in [5.74, 6) is -0.690. The fourth-order valence-electron chi connectivity index (χ4n) is 6.62. The maximum atomic E-state index is 14.4. The van der Waals surface area contributed by atoms with Crippen molar-refractivity contribution in [1.29, 1.82) is 0 Å². The molecule has 2 aromatic carbocycles. The quantitative estimate of drug-likeness (QED) is 0.309. The van der Waals surface area contributed by atoms with E-state index in [1.54, 1.807) is 18.3 Å². The fourth-order valence-corrected chi connectivity index (χ4v) is 6.62. The van der Waals surface area contributed by atoms with E-state index in [0.29, 0.717) is 61.4 Å². The van der Waals surface area contributed by atoms with E-state index in [2.05, 4.69) is 20.9 Å². The van der Waals surface area contributed by atoms with E-state index in [1.807, 2.05) is 48.2 Å². The van der Waals surface area contributed by atoms with Crippen LogP contribution in [0.4, 0.5) is 26.7 Å². The number of amides is 4. The Kier molecular flexibility index (Phi) is 8.42. The van der Waals surface area contributed by atoms with Crippen molar-refractivity contribution < 1.29 is 28.7 Å². The second-order valence-electron chi connectivity index (χ2n) is 12.0. The highest BCUT2D eigenvalue weighted by Gasteiger charge is 2.47. The smallest absolute Gasteiger partial charge is 0.412 e. The number of fused-ring (bicyclic) bond motifs is 6. The number of carbonyl (C=O) groups excluding carboxylic acids is 4. The molecule has 4 heterocycles. The van der Waals surface area contributed by atoms with Crippen LogP contribution in [0.3, 0.4) is 0 Å². The molecule has 1 aromatic heterocycles. The number of nitrogens with zero attached hydrogens (tertiary/aromatic N) is 2. The predicted molar refractivity (Wildman–Crippen MR) is 169 cm³/mol. The van der Waals surface area contributed by atoms with Gasteiger partial charge < -0.3 is 19.7 Å². The molecule has 11 heteroatoms. The minimum absolute atomic E-state index is 0.0515. The third kappa shape index (κ3) is 6.33. The zero-order chi connectivity index (χ0) is 31.6. The summed E-state index contributed by atoms with van der Waals surface area (Å²) < 4.78 is 10.7. The van der Waals surface area contributed by atoms with E-state index >= 15 is 0 Å². The molecule has 1 unspecified atom stereocenters. The normalized spacial score (nSPS) is 21.4. The Bertz CT molecular complexity index is 1660. The number of hydrogen-bond donors (Lipinski definition) is 3. The van der Waals surface area contributed by atoms with Crippen LogP contribution in [0.5, 0.6) is 0 Å². The maximum absolute atomic E-state index is 14.4. The highest BCUT2D eigenvalue weighted by Crippen LogP contribution is 2.44. The third-order valence-electron chi connectivity index (χ3n) is 8.83. The molecule has 234 valence electrons. The van der Waals surface area contributed by atoms with Crippen molar-refractivity contribution >= 4 is 41.1 Å². The van der Waals surface area contributed by atoms with Crippen molar-refractivity contribution in [1.82, 2.24) is 9.88 Å². The number of anilines is 3. The maximum Gasteiger partial charge on any atom is 0.412 e. The summed E-state index contributed by atoms with van der Waals surface area (Å²) in [6.45, 7) is 2.82. The number of likely N-dealkylation sites (tertiary alicyclic amines) is 1. The van der Waals surface area contributed by atoms with Crippen LogP contribution in [0.25, 0.3) is 11.1 Å². The number of ether oxygens (including phenoxy) is 2. The summed E-state index contributed by atoms with van der Waals surface area (Å²) in [6.07, 6.45) is 4.96. The Morgan fingerprint density at radius 2 is 1.89 bits per heavy atom. The van der Waals surface area contributed by atoms with Gasteiger partial charge in [0.1, 0.15) is 0 Å². The molecule has 1 fully saturated rings. The van der Waals surface area contributed by atoms with E-state index < -0.39 is 23.7 Å². The Morgan fingerprint density at radius 1 is 1.02 bits per heavy atom. The van der Waals surface area contributed by atoms with Gasteiger partial charge in [-0.25, -0.2) is 9.59 Å². The third-order valence-corrected chi connectivity index (χ3v) is 8.83. The number of carbonyl (C=O) groups is 4. The summed E-state index contributed by atoms with van der Waals surface area (Å²) in [5.41, 5.74) is 4.91. The molecule has 4 amide bonds. The average molecular weight is 612 g/mol. The minimum atomic E-state index is -0.920. The van der Waals surface area contributed by atoms with Gasteiger partial charge in [0.05, 0.1) is 36.6 Å². The molecule has 1 spiro atoms. The standard InChI is InChI=1S/C34H37N5O6/c1-21-9-12-27-26(17-21)34(45-33(43)38-27)14-6-16-39(20-34)31(41)25-7-4-3-5-8-30(40)37-29-19-23(36-32(42)44-2)10-11-24(29)22-13-15-35-28(25)18-22/h9-13,15,17-19,25H,3-8,14,16,20H2,1-2H3,(H,36,42)(H,37,40)(H,38,43)/t25?,34-/m0/s1. The van der Waals surface area contributed by atoms with Gasteiger partial charge in [0.2, 0.25) is 11.8 Å². The van der Waals surface area contributed by atoms with E-state index in [4.69, 9.17) is 9.47 Å². The predicted octanol–water partition coefficient (Wildman–Crippen LogP) is 6.30. The van der Waals surface area contributed by atoms with Crippen LogP contribution in [0.1, 0.15) is 67.7 Å². The van der Waals surface area contributed by atoms with Gasteiger partial charge in [-0.05, 0) is 74.6 Å². The summed E-state index contributed by atoms with van der Waals surface area (Å²) in [7, 11) is 1.28. The summed E-state index contributed by atoms with van der Waals surface area (Å²) in [4.78, 5) is 58.3. The second-order valence-corrected chi connectivity index (χ2v) is 12.0. The van der Waals surface area contributed by atoms with Gasteiger partial charge in [-0.1, -0.05) is 30.5 Å². The molecular weight excluding hydrogens is 574 g/mol. The number of methoxy groups -OCH3 is 1. The first-order valence-electron chi connectivity index (χ1n) is 15.4. The molecule has 3 N–H and O–H groups in total. The number of aromatic nitrogens is 1. The number of nitrogens with one attached hydrogen (secondary N) is 3. The van der Waals surface area contributed by atoms with Crippen molar-refractivity contribution in [2.75, 3.05) is 36.1 Å². The van der Waals surface area contributed by atoms with Crippen LogP contribution in [-0.4, -0.2) is 54.1 Å². The zero-order valence-electron chi connectivity index (χ0n) is 25.5. The van der Waals surface area contributed by atoms with Crippen molar-refractivity contribution in [3.05, 3.63) is 71.5 Å². The molecule has 0 radical (unpaired) electrons. The van der Waals surface area contributed by atoms with Crippen molar-refractivity contribution in [2.24, 2.45) is 0 Å². The lowest BCUT2D eigenvalue weighted by Gasteiger charge is -2.45. The van der Waals surface area contributed by atoms with Crippen molar-refractivity contribution in [2.45, 2.75) is 63.4 Å². The molecule has 45 heavy (non-hydrogen) atoms. The number of benzene rings is 2. The van der Waals surface area contributed by atoms with E-state index in [0.717, 1.165) is 35.1 Å². The molecule has 6 rings (SSSR count).